The number of aliphatic imine (C=N–C) groups is 1. The quantitative estimate of drug-likeness (QED) is 0.201. The molecule has 1 amide bonds. The molecule has 0 aliphatic carbocycles. The van der Waals surface area contributed by atoms with Gasteiger partial charge >= 0.3 is 6.09 Å². The van der Waals surface area contributed by atoms with Gasteiger partial charge in [0.1, 0.15) is 0 Å². The zero-order valence-electron chi connectivity index (χ0n) is 17.6. The molecule has 1 aromatic rings. The maximum Gasteiger partial charge on any atom is 0.409 e. The average molecular weight is 438 g/mol. The van der Waals surface area contributed by atoms with Crippen molar-refractivity contribution in [3.05, 3.63) is 39.9 Å². The van der Waals surface area contributed by atoms with Crippen LogP contribution < -0.4 is 10.6 Å². The van der Waals surface area contributed by atoms with Crippen LogP contribution in [0, 0.1) is 10.1 Å². The van der Waals surface area contributed by atoms with Gasteiger partial charge in [-0.25, -0.2) is 9.79 Å². The lowest BCUT2D eigenvalue weighted by Gasteiger charge is -2.32. The van der Waals surface area contributed by atoms with Gasteiger partial charge in [0, 0.05) is 37.8 Å². The van der Waals surface area contributed by atoms with E-state index < -0.39 is 4.92 Å². The van der Waals surface area contributed by atoms with E-state index in [9.17, 15) is 14.9 Å². The summed E-state index contributed by atoms with van der Waals surface area (Å²) in [6.45, 7) is 4.74. The van der Waals surface area contributed by atoms with Crippen LogP contribution in [-0.2, 0) is 11.3 Å². The topological polar surface area (TPSA) is 109 Å². The van der Waals surface area contributed by atoms with Gasteiger partial charge in [-0.2, -0.15) is 11.8 Å². The van der Waals surface area contributed by atoms with E-state index in [2.05, 4.69) is 21.9 Å². The van der Waals surface area contributed by atoms with Gasteiger partial charge in [-0.3, -0.25) is 10.1 Å². The van der Waals surface area contributed by atoms with E-state index >= 15 is 0 Å². The lowest BCUT2D eigenvalue weighted by molar-refractivity contribution is -0.384. The van der Waals surface area contributed by atoms with Gasteiger partial charge in [0.05, 0.1) is 18.1 Å². The number of non-ortho nitro benzene ring substituents is 1. The summed E-state index contributed by atoms with van der Waals surface area (Å²) in [7, 11) is 0. The van der Waals surface area contributed by atoms with Gasteiger partial charge in [0.2, 0.25) is 0 Å². The fraction of sp³-hybridized carbons (Fsp3) is 0.600. The third-order valence-corrected chi connectivity index (χ3v) is 5.44. The molecule has 10 heteroatoms. The molecule has 1 heterocycles. The Morgan fingerprint density at radius 1 is 1.33 bits per heavy atom. The summed E-state index contributed by atoms with van der Waals surface area (Å²) in [5.41, 5.74) is 0.979. The van der Waals surface area contributed by atoms with Crippen molar-refractivity contribution in [3.63, 3.8) is 0 Å². The van der Waals surface area contributed by atoms with Crippen molar-refractivity contribution in [2.45, 2.75) is 38.8 Å². The van der Waals surface area contributed by atoms with Crippen LogP contribution in [0.25, 0.3) is 0 Å². The maximum atomic E-state index is 11.9. The minimum absolute atomic E-state index is 0.0737. The standard InChI is InChI=1S/C20H31N5O4S/c1-3-29-20(26)24-12-9-17(10-13-24)23-19(21-11-4-14-30-2)22-15-16-5-7-18(8-6-16)25(27)28/h5-8,17H,3-4,9-15H2,1-2H3,(H2,21,22,23). The Kier molecular flexibility index (Phi) is 10.3. The number of thioether (sulfide) groups is 1. The predicted molar refractivity (Wildman–Crippen MR) is 120 cm³/mol. The molecular formula is C20H31N5O4S. The van der Waals surface area contributed by atoms with E-state index in [0.717, 1.165) is 43.1 Å². The fourth-order valence-electron chi connectivity index (χ4n) is 3.08. The second kappa shape index (κ2) is 12.9. The number of ether oxygens (including phenoxy) is 1. The van der Waals surface area contributed by atoms with Crippen LogP contribution in [0.1, 0.15) is 31.7 Å². The number of nitro benzene ring substituents is 1. The molecule has 1 saturated heterocycles. The SMILES string of the molecule is CCOC(=O)N1CCC(NC(=NCc2ccc([N+](=O)[O-])cc2)NCCCSC)CC1. The molecule has 1 fully saturated rings. The van der Waals surface area contributed by atoms with Crippen LogP contribution in [0.2, 0.25) is 0 Å². The summed E-state index contributed by atoms with van der Waals surface area (Å²) in [6, 6.07) is 6.67. The summed E-state index contributed by atoms with van der Waals surface area (Å²) in [4.78, 5) is 28.6. The molecule has 2 N–H and O–H groups in total. The number of nitrogens with one attached hydrogen (secondary N) is 2. The highest BCUT2D eigenvalue weighted by Gasteiger charge is 2.24. The predicted octanol–water partition coefficient (Wildman–Crippen LogP) is 3.00. The molecule has 0 bridgehead atoms. The zero-order valence-corrected chi connectivity index (χ0v) is 18.5. The van der Waals surface area contributed by atoms with Gasteiger partial charge in [-0.1, -0.05) is 12.1 Å². The Labute approximate surface area is 181 Å². The van der Waals surface area contributed by atoms with E-state index in [4.69, 9.17) is 4.74 Å². The molecule has 30 heavy (non-hydrogen) atoms. The Hall–Kier alpha value is -2.49. The summed E-state index contributed by atoms with van der Waals surface area (Å²) >= 11 is 1.81. The van der Waals surface area contributed by atoms with Crippen LogP contribution in [0.3, 0.4) is 0 Å². The monoisotopic (exact) mass is 437 g/mol. The zero-order chi connectivity index (χ0) is 21.8. The number of piperidine rings is 1. The number of amides is 1. The van der Waals surface area contributed by atoms with Gasteiger partial charge in [-0.05, 0) is 43.8 Å². The number of rotatable bonds is 9. The van der Waals surface area contributed by atoms with E-state index in [1.807, 2.05) is 6.92 Å². The van der Waals surface area contributed by atoms with Crippen molar-refractivity contribution >= 4 is 29.5 Å². The molecule has 0 aromatic heterocycles. The fourth-order valence-corrected chi connectivity index (χ4v) is 3.52. The number of hydrogen-bond donors (Lipinski definition) is 2. The highest BCUT2D eigenvalue weighted by molar-refractivity contribution is 7.98. The summed E-state index contributed by atoms with van der Waals surface area (Å²) < 4.78 is 5.07. The van der Waals surface area contributed by atoms with E-state index in [1.54, 1.807) is 28.8 Å². The minimum atomic E-state index is -0.407. The molecule has 0 atom stereocenters. The van der Waals surface area contributed by atoms with Gasteiger partial charge in [0.25, 0.3) is 5.69 Å². The number of likely N-dealkylation sites (tertiary alicyclic amines) is 1. The number of carbonyl (C=O) groups is 1. The smallest absolute Gasteiger partial charge is 0.409 e. The first-order valence-electron chi connectivity index (χ1n) is 10.2. The van der Waals surface area contributed by atoms with Crippen molar-refractivity contribution in [3.8, 4) is 0 Å². The molecule has 166 valence electrons. The molecule has 9 nitrogen and oxygen atoms in total. The van der Waals surface area contributed by atoms with Crippen LogP contribution in [-0.4, -0.2) is 66.2 Å². The van der Waals surface area contributed by atoms with Gasteiger partial charge in [0.15, 0.2) is 5.96 Å². The summed E-state index contributed by atoms with van der Waals surface area (Å²) in [5.74, 6) is 1.80. The minimum Gasteiger partial charge on any atom is -0.450 e. The highest BCUT2D eigenvalue weighted by atomic mass is 32.2. The Morgan fingerprint density at radius 2 is 2.03 bits per heavy atom. The molecule has 1 aliphatic rings. The number of benzene rings is 1. The second-order valence-corrected chi connectivity index (χ2v) is 7.95. The first-order valence-corrected chi connectivity index (χ1v) is 11.6. The average Bonchev–Trinajstić information content (AvgIpc) is 2.75. The van der Waals surface area contributed by atoms with Crippen molar-refractivity contribution in [2.24, 2.45) is 4.99 Å². The van der Waals surface area contributed by atoms with Crippen molar-refractivity contribution in [1.82, 2.24) is 15.5 Å². The molecule has 0 spiro atoms. The lowest BCUT2D eigenvalue weighted by Crippen LogP contribution is -2.50. The lowest BCUT2D eigenvalue weighted by atomic mass is 10.1. The van der Waals surface area contributed by atoms with Crippen LogP contribution in [0.15, 0.2) is 29.3 Å². The highest BCUT2D eigenvalue weighted by Crippen LogP contribution is 2.13. The molecule has 1 aromatic carbocycles. The maximum absolute atomic E-state index is 11.9. The van der Waals surface area contributed by atoms with Crippen molar-refractivity contribution in [1.29, 1.82) is 0 Å². The first-order chi connectivity index (χ1) is 14.5. The second-order valence-electron chi connectivity index (χ2n) is 6.97. The molecule has 1 aliphatic heterocycles. The summed E-state index contributed by atoms with van der Waals surface area (Å²) in [6.07, 6.45) is 4.50. The number of guanidine groups is 1. The Balaban J connectivity index is 1.92. The van der Waals surface area contributed by atoms with Crippen molar-refractivity contribution in [2.75, 3.05) is 38.2 Å². The van der Waals surface area contributed by atoms with Gasteiger partial charge < -0.3 is 20.3 Å². The van der Waals surface area contributed by atoms with E-state index in [1.165, 1.54) is 12.1 Å². The number of nitrogens with zero attached hydrogens (tertiary/aromatic N) is 3. The van der Waals surface area contributed by atoms with Crippen LogP contribution >= 0.6 is 11.8 Å². The molecule has 0 radical (unpaired) electrons. The third-order valence-electron chi connectivity index (χ3n) is 4.75. The van der Waals surface area contributed by atoms with E-state index in [0.29, 0.717) is 26.2 Å². The van der Waals surface area contributed by atoms with Gasteiger partial charge in [-0.15, -0.1) is 0 Å². The molecule has 0 unspecified atom stereocenters. The van der Waals surface area contributed by atoms with Crippen LogP contribution in [0.5, 0.6) is 0 Å². The number of nitro groups is 1. The first kappa shape index (κ1) is 23.8. The van der Waals surface area contributed by atoms with Crippen LogP contribution in [0.4, 0.5) is 10.5 Å². The number of carbonyl (C=O) groups excluding carboxylic acids is 1. The van der Waals surface area contributed by atoms with Crippen molar-refractivity contribution < 1.29 is 14.5 Å². The third kappa shape index (κ3) is 8.10. The Bertz CT molecular complexity index is 706. The summed E-state index contributed by atoms with van der Waals surface area (Å²) in [5, 5.41) is 17.6. The number of hydrogen-bond acceptors (Lipinski definition) is 6. The Morgan fingerprint density at radius 3 is 2.63 bits per heavy atom. The molecular weight excluding hydrogens is 406 g/mol. The normalized spacial score (nSPS) is 15.0. The largest absolute Gasteiger partial charge is 0.450 e. The molecule has 0 saturated carbocycles. The van der Waals surface area contributed by atoms with E-state index in [-0.39, 0.29) is 17.8 Å². The molecule has 2 rings (SSSR count).